The van der Waals surface area contributed by atoms with Gasteiger partial charge in [0.1, 0.15) is 17.3 Å². The lowest BCUT2D eigenvalue weighted by Gasteiger charge is -2.30. The number of carbonyl (C=O) groups is 1. The SMILES string of the molecule is CN(C)CCc1nc(Nc2ccc(-c3cnc4cc(F)ccn34)c3c2C(=O)NC3)ccc1N1CCOCC1. The first-order valence-corrected chi connectivity index (χ1v) is 12.8. The number of nitrogens with zero attached hydrogens (tertiary/aromatic N) is 5. The minimum Gasteiger partial charge on any atom is -0.378 e. The molecule has 6 rings (SSSR count). The van der Waals surface area contributed by atoms with E-state index in [4.69, 9.17) is 9.72 Å². The average Bonchev–Trinajstić information content (AvgIpc) is 3.52. The van der Waals surface area contributed by atoms with Gasteiger partial charge in [0.05, 0.1) is 47.7 Å². The van der Waals surface area contributed by atoms with Crippen LogP contribution in [0.5, 0.6) is 0 Å². The molecule has 10 heteroatoms. The molecule has 1 saturated heterocycles. The van der Waals surface area contributed by atoms with Crippen molar-refractivity contribution in [1.29, 1.82) is 0 Å². The van der Waals surface area contributed by atoms with Crippen LogP contribution in [0.15, 0.2) is 48.8 Å². The Bertz CT molecular complexity index is 1510. The molecular formula is C28H30FN7O2. The maximum atomic E-state index is 13.7. The molecule has 9 nitrogen and oxygen atoms in total. The number of morpholine rings is 1. The molecule has 2 aliphatic rings. The second kappa shape index (κ2) is 10.0. The number of hydrogen-bond acceptors (Lipinski definition) is 7. The van der Waals surface area contributed by atoms with E-state index in [9.17, 15) is 9.18 Å². The zero-order chi connectivity index (χ0) is 26.2. The van der Waals surface area contributed by atoms with Crippen molar-refractivity contribution in [2.24, 2.45) is 0 Å². The first kappa shape index (κ1) is 24.3. The molecule has 1 fully saturated rings. The second-order valence-corrected chi connectivity index (χ2v) is 9.85. The minimum atomic E-state index is -0.339. The number of nitrogens with one attached hydrogen (secondary N) is 2. The average molecular weight is 516 g/mol. The molecule has 0 radical (unpaired) electrons. The molecule has 0 unspecified atom stereocenters. The molecule has 3 aromatic heterocycles. The van der Waals surface area contributed by atoms with Crippen molar-refractivity contribution in [3.8, 4) is 11.3 Å². The lowest BCUT2D eigenvalue weighted by molar-refractivity contribution is 0.0966. The standard InChI is InChI=1S/C28H30FN7O2/c1-34(2)9-8-21-23(35-11-13-38-14-12-35)5-6-25(32-21)33-22-4-3-19(20-16-31-28(37)27(20)22)24-17-30-26-15-18(29)7-10-36(24)26/h3-7,10,15,17H,8-9,11-14,16H2,1-2H3,(H,31,37)(H,32,33). The van der Waals surface area contributed by atoms with Crippen molar-refractivity contribution in [2.45, 2.75) is 13.0 Å². The molecule has 2 N–H and O–H groups in total. The number of imidazole rings is 1. The van der Waals surface area contributed by atoms with Gasteiger partial charge in [-0.3, -0.25) is 9.20 Å². The van der Waals surface area contributed by atoms with Gasteiger partial charge in [0.15, 0.2) is 0 Å². The van der Waals surface area contributed by atoms with Crippen LogP contribution in [0.3, 0.4) is 0 Å². The van der Waals surface area contributed by atoms with Crippen LogP contribution in [0.1, 0.15) is 21.6 Å². The first-order chi connectivity index (χ1) is 18.5. The number of likely N-dealkylation sites (N-methyl/N-ethyl adjacent to an activating group) is 1. The molecule has 5 heterocycles. The van der Waals surface area contributed by atoms with E-state index >= 15 is 0 Å². The van der Waals surface area contributed by atoms with E-state index in [1.54, 1.807) is 12.4 Å². The topological polar surface area (TPSA) is 87.0 Å². The number of pyridine rings is 2. The van der Waals surface area contributed by atoms with E-state index in [2.05, 4.69) is 45.6 Å². The predicted molar refractivity (Wildman–Crippen MR) is 145 cm³/mol. The van der Waals surface area contributed by atoms with E-state index in [-0.39, 0.29) is 11.7 Å². The number of ether oxygens (including phenoxy) is 1. The van der Waals surface area contributed by atoms with E-state index in [0.29, 0.717) is 42.5 Å². The molecule has 0 bridgehead atoms. The molecule has 0 atom stereocenters. The molecule has 2 aliphatic heterocycles. The Balaban J connectivity index is 1.35. The number of fused-ring (bicyclic) bond motifs is 2. The number of halogens is 1. The van der Waals surface area contributed by atoms with Crippen LogP contribution in [0.4, 0.5) is 21.6 Å². The highest BCUT2D eigenvalue weighted by atomic mass is 19.1. The molecular weight excluding hydrogens is 485 g/mol. The summed E-state index contributed by atoms with van der Waals surface area (Å²) in [6.07, 6.45) is 4.18. The lowest BCUT2D eigenvalue weighted by Crippen LogP contribution is -2.37. The zero-order valence-corrected chi connectivity index (χ0v) is 21.5. The maximum Gasteiger partial charge on any atom is 0.254 e. The Kier molecular flexibility index (Phi) is 6.42. The quantitative estimate of drug-likeness (QED) is 0.390. The molecule has 1 amide bonds. The Morgan fingerprint density at radius 2 is 2.00 bits per heavy atom. The normalized spacial score (nSPS) is 15.3. The van der Waals surface area contributed by atoms with Crippen molar-refractivity contribution in [1.82, 2.24) is 24.6 Å². The number of carbonyl (C=O) groups excluding carboxylic acids is 1. The highest BCUT2D eigenvalue weighted by Gasteiger charge is 2.27. The summed E-state index contributed by atoms with van der Waals surface area (Å²) < 4.78 is 21.1. The van der Waals surface area contributed by atoms with Crippen molar-refractivity contribution in [2.75, 3.05) is 57.2 Å². The summed E-state index contributed by atoms with van der Waals surface area (Å²) in [4.78, 5) is 26.8. The summed E-state index contributed by atoms with van der Waals surface area (Å²) >= 11 is 0. The van der Waals surface area contributed by atoms with Crippen LogP contribution in [-0.2, 0) is 17.7 Å². The third kappa shape index (κ3) is 4.57. The van der Waals surface area contributed by atoms with Gasteiger partial charge < -0.3 is 25.2 Å². The van der Waals surface area contributed by atoms with Gasteiger partial charge >= 0.3 is 0 Å². The molecule has 196 valence electrons. The van der Waals surface area contributed by atoms with Crippen LogP contribution < -0.4 is 15.5 Å². The van der Waals surface area contributed by atoms with Crippen LogP contribution in [0, 0.1) is 5.82 Å². The van der Waals surface area contributed by atoms with Crippen LogP contribution >= 0.6 is 0 Å². The van der Waals surface area contributed by atoms with Gasteiger partial charge in [-0.25, -0.2) is 14.4 Å². The molecule has 0 aliphatic carbocycles. The van der Waals surface area contributed by atoms with Crippen molar-refractivity contribution < 1.29 is 13.9 Å². The van der Waals surface area contributed by atoms with E-state index in [1.807, 2.05) is 22.6 Å². The summed E-state index contributed by atoms with van der Waals surface area (Å²) in [7, 11) is 4.11. The van der Waals surface area contributed by atoms with E-state index < -0.39 is 0 Å². The van der Waals surface area contributed by atoms with E-state index in [0.717, 1.165) is 54.3 Å². The van der Waals surface area contributed by atoms with Crippen molar-refractivity contribution in [3.63, 3.8) is 0 Å². The number of benzene rings is 1. The summed E-state index contributed by atoms with van der Waals surface area (Å²) in [6.45, 7) is 4.39. The van der Waals surface area contributed by atoms with Gasteiger partial charge in [0.2, 0.25) is 0 Å². The van der Waals surface area contributed by atoms with Gasteiger partial charge in [-0.05, 0) is 43.9 Å². The largest absolute Gasteiger partial charge is 0.378 e. The monoisotopic (exact) mass is 515 g/mol. The number of hydrogen-bond donors (Lipinski definition) is 2. The minimum absolute atomic E-state index is 0.137. The summed E-state index contributed by atoms with van der Waals surface area (Å²) in [5.74, 6) is 0.214. The number of aromatic nitrogens is 3. The molecule has 1 aromatic carbocycles. The second-order valence-electron chi connectivity index (χ2n) is 9.85. The molecule has 0 spiro atoms. The fraction of sp³-hybridized carbons (Fsp3) is 0.321. The lowest BCUT2D eigenvalue weighted by atomic mass is 9.99. The molecule has 0 saturated carbocycles. The highest BCUT2D eigenvalue weighted by Crippen LogP contribution is 2.36. The Hall–Kier alpha value is -4.02. The predicted octanol–water partition coefficient (Wildman–Crippen LogP) is 3.46. The summed E-state index contributed by atoms with van der Waals surface area (Å²) in [5.41, 5.74) is 6.51. The maximum absolute atomic E-state index is 13.7. The third-order valence-corrected chi connectivity index (χ3v) is 7.08. The summed E-state index contributed by atoms with van der Waals surface area (Å²) in [5, 5.41) is 6.36. The Labute approximate surface area is 220 Å². The zero-order valence-electron chi connectivity index (χ0n) is 21.5. The van der Waals surface area contributed by atoms with Crippen LogP contribution in [0.2, 0.25) is 0 Å². The number of anilines is 3. The van der Waals surface area contributed by atoms with Gasteiger partial charge in [-0.15, -0.1) is 0 Å². The van der Waals surface area contributed by atoms with E-state index in [1.165, 1.54) is 12.1 Å². The highest BCUT2D eigenvalue weighted by molar-refractivity contribution is 6.06. The van der Waals surface area contributed by atoms with Gasteiger partial charge in [0, 0.05) is 50.4 Å². The van der Waals surface area contributed by atoms with Crippen LogP contribution in [-0.4, -0.2) is 72.1 Å². The third-order valence-electron chi connectivity index (χ3n) is 7.08. The fourth-order valence-corrected chi connectivity index (χ4v) is 5.15. The summed E-state index contributed by atoms with van der Waals surface area (Å²) in [6, 6.07) is 10.7. The molecule has 38 heavy (non-hydrogen) atoms. The Morgan fingerprint density at radius 3 is 2.82 bits per heavy atom. The van der Waals surface area contributed by atoms with Gasteiger partial charge in [-0.2, -0.15) is 0 Å². The molecule has 4 aromatic rings. The number of amides is 1. The Morgan fingerprint density at radius 1 is 1.16 bits per heavy atom. The van der Waals surface area contributed by atoms with Crippen LogP contribution in [0.25, 0.3) is 16.9 Å². The smallest absolute Gasteiger partial charge is 0.254 e. The van der Waals surface area contributed by atoms with Crippen molar-refractivity contribution >= 4 is 28.7 Å². The fourth-order valence-electron chi connectivity index (χ4n) is 5.15. The van der Waals surface area contributed by atoms with Crippen molar-refractivity contribution in [3.05, 3.63) is 71.4 Å². The first-order valence-electron chi connectivity index (χ1n) is 12.8. The van der Waals surface area contributed by atoms with Gasteiger partial charge in [0.25, 0.3) is 5.91 Å². The van der Waals surface area contributed by atoms with Gasteiger partial charge in [-0.1, -0.05) is 6.07 Å². The number of rotatable bonds is 7.